The van der Waals surface area contributed by atoms with Crippen LogP contribution in [0.25, 0.3) is 11.7 Å². The first kappa shape index (κ1) is 14.6. The molecule has 1 amide bonds. The summed E-state index contributed by atoms with van der Waals surface area (Å²) in [4.78, 5) is 18.1. The van der Waals surface area contributed by atoms with Crippen LogP contribution in [0.1, 0.15) is 23.7 Å². The largest absolute Gasteiger partial charge is 0.459 e. The standard InChI is InChI=1S/C17H14FN3O3/c18-13-5-2-1-4-11(13)9-21-10-12(8-15(21)22)16-19-17(24-20-16)14-6-3-7-23-14/h1-7,12H,8-10H2. The highest BCUT2D eigenvalue weighted by atomic mass is 19.1. The molecule has 0 aliphatic carbocycles. The molecular formula is C17H14FN3O3. The van der Waals surface area contributed by atoms with Crippen LogP contribution in [0.4, 0.5) is 4.39 Å². The molecule has 0 radical (unpaired) electrons. The average Bonchev–Trinajstić information content (AvgIpc) is 3.30. The predicted molar refractivity (Wildman–Crippen MR) is 81.2 cm³/mol. The van der Waals surface area contributed by atoms with E-state index in [1.165, 1.54) is 12.3 Å². The van der Waals surface area contributed by atoms with Gasteiger partial charge in [-0.05, 0) is 18.2 Å². The van der Waals surface area contributed by atoms with Gasteiger partial charge in [-0.3, -0.25) is 4.79 Å². The molecule has 0 bridgehead atoms. The molecule has 7 heteroatoms. The minimum Gasteiger partial charge on any atom is -0.459 e. The van der Waals surface area contributed by atoms with E-state index in [0.29, 0.717) is 23.7 Å². The van der Waals surface area contributed by atoms with Crippen molar-refractivity contribution >= 4 is 5.91 Å². The first-order valence-electron chi connectivity index (χ1n) is 7.59. The van der Waals surface area contributed by atoms with Gasteiger partial charge in [0.25, 0.3) is 5.89 Å². The van der Waals surface area contributed by atoms with Gasteiger partial charge in [-0.2, -0.15) is 4.98 Å². The predicted octanol–water partition coefficient (Wildman–Crippen LogP) is 2.98. The zero-order valence-electron chi connectivity index (χ0n) is 12.7. The Labute approximate surface area is 136 Å². The number of carbonyl (C=O) groups excluding carboxylic acids is 1. The molecule has 3 aromatic rings. The lowest BCUT2D eigenvalue weighted by Crippen LogP contribution is -2.25. The maximum absolute atomic E-state index is 13.8. The fourth-order valence-corrected chi connectivity index (χ4v) is 2.83. The van der Waals surface area contributed by atoms with Crippen LogP contribution < -0.4 is 0 Å². The van der Waals surface area contributed by atoms with Crippen LogP contribution in [0.3, 0.4) is 0 Å². The summed E-state index contributed by atoms with van der Waals surface area (Å²) in [6.07, 6.45) is 1.81. The Hall–Kier alpha value is -2.96. The highest BCUT2D eigenvalue weighted by molar-refractivity contribution is 5.79. The fraction of sp³-hybridized carbons (Fsp3) is 0.235. The van der Waals surface area contributed by atoms with Gasteiger partial charge in [-0.25, -0.2) is 4.39 Å². The monoisotopic (exact) mass is 327 g/mol. The lowest BCUT2D eigenvalue weighted by molar-refractivity contribution is -0.128. The average molecular weight is 327 g/mol. The number of aromatic nitrogens is 2. The van der Waals surface area contributed by atoms with E-state index in [1.54, 1.807) is 35.2 Å². The Bertz CT molecular complexity index is 860. The molecule has 2 aromatic heterocycles. The summed E-state index contributed by atoms with van der Waals surface area (Å²) >= 11 is 0. The summed E-state index contributed by atoms with van der Waals surface area (Å²) in [7, 11) is 0. The number of hydrogen-bond acceptors (Lipinski definition) is 5. The molecule has 1 unspecified atom stereocenters. The van der Waals surface area contributed by atoms with Gasteiger partial charge in [0, 0.05) is 31.0 Å². The van der Waals surface area contributed by atoms with Crippen LogP contribution in [0.5, 0.6) is 0 Å². The van der Waals surface area contributed by atoms with Gasteiger partial charge in [0.1, 0.15) is 5.82 Å². The zero-order valence-corrected chi connectivity index (χ0v) is 12.7. The van der Waals surface area contributed by atoms with E-state index in [0.717, 1.165) is 0 Å². The third-order valence-corrected chi connectivity index (χ3v) is 4.07. The molecule has 0 N–H and O–H groups in total. The Morgan fingerprint density at radius 3 is 2.92 bits per heavy atom. The number of carbonyl (C=O) groups is 1. The minimum atomic E-state index is -0.312. The molecule has 24 heavy (non-hydrogen) atoms. The number of halogens is 1. The van der Waals surface area contributed by atoms with Crippen molar-refractivity contribution in [3.05, 3.63) is 59.9 Å². The molecule has 1 aliphatic rings. The Kier molecular flexibility index (Phi) is 3.60. The van der Waals surface area contributed by atoms with Crippen LogP contribution in [0, 0.1) is 5.82 Å². The van der Waals surface area contributed by atoms with Gasteiger partial charge < -0.3 is 13.8 Å². The number of amides is 1. The fourth-order valence-electron chi connectivity index (χ4n) is 2.83. The summed E-state index contributed by atoms with van der Waals surface area (Å²) in [6.45, 7) is 0.676. The van der Waals surface area contributed by atoms with E-state index in [-0.39, 0.29) is 36.5 Å². The van der Waals surface area contributed by atoms with E-state index in [1.807, 2.05) is 0 Å². The van der Waals surface area contributed by atoms with Crippen molar-refractivity contribution in [3.8, 4) is 11.7 Å². The highest BCUT2D eigenvalue weighted by Crippen LogP contribution is 2.29. The lowest BCUT2D eigenvalue weighted by Gasteiger charge is -2.16. The maximum atomic E-state index is 13.8. The van der Waals surface area contributed by atoms with E-state index >= 15 is 0 Å². The number of nitrogens with zero attached hydrogens (tertiary/aromatic N) is 3. The summed E-state index contributed by atoms with van der Waals surface area (Å²) in [5, 5.41) is 3.95. The number of furan rings is 1. The minimum absolute atomic E-state index is 0.0485. The lowest BCUT2D eigenvalue weighted by atomic mass is 10.1. The summed E-state index contributed by atoms with van der Waals surface area (Å²) < 4.78 is 24.2. The number of benzene rings is 1. The molecular weight excluding hydrogens is 313 g/mol. The normalized spacial score (nSPS) is 17.6. The summed E-state index contributed by atoms with van der Waals surface area (Å²) in [6, 6.07) is 9.91. The second-order valence-electron chi connectivity index (χ2n) is 5.70. The van der Waals surface area contributed by atoms with Gasteiger partial charge in [0.05, 0.1) is 6.26 Å². The van der Waals surface area contributed by atoms with Crippen molar-refractivity contribution in [2.45, 2.75) is 18.9 Å². The molecule has 1 saturated heterocycles. The molecule has 1 aliphatic heterocycles. The molecule has 6 nitrogen and oxygen atoms in total. The number of hydrogen-bond donors (Lipinski definition) is 0. The van der Waals surface area contributed by atoms with Crippen LogP contribution >= 0.6 is 0 Å². The van der Waals surface area contributed by atoms with Crippen molar-refractivity contribution in [1.82, 2.24) is 15.0 Å². The van der Waals surface area contributed by atoms with Crippen LogP contribution in [0.15, 0.2) is 51.6 Å². The molecule has 3 heterocycles. The highest BCUT2D eigenvalue weighted by Gasteiger charge is 2.34. The molecule has 4 rings (SSSR count). The molecule has 1 aromatic carbocycles. The third kappa shape index (κ3) is 2.68. The molecule has 1 fully saturated rings. The molecule has 0 saturated carbocycles. The second kappa shape index (κ2) is 5.92. The topological polar surface area (TPSA) is 72.4 Å². The van der Waals surface area contributed by atoms with Crippen LogP contribution in [-0.4, -0.2) is 27.5 Å². The van der Waals surface area contributed by atoms with Crippen LogP contribution in [-0.2, 0) is 11.3 Å². The molecule has 1 atom stereocenters. The molecule has 0 spiro atoms. The summed E-state index contributed by atoms with van der Waals surface area (Å²) in [5.41, 5.74) is 0.496. The van der Waals surface area contributed by atoms with E-state index < -0.39 is 0 Å². The summed E-state index contributed by atoms with van der Waals surface area (Å²) in [5.74, 6) is 0.708. The van der Waals surface area contributed by atoms with Crippen molar-refractivity contribution in [1.29, 1.82) is 0 Å². The van der Waals surface area contributed by atoms with Crippen molar-refractivity contribution in [2.24, 2.45) is 0 Å². The molecule has 122 valence electrons. The number of likely N-dealkylation sites (tertiary alicyclic amines) is 1. The van der Waals surface area contributed by atoms with Gasteiger partial charge in [-0.15, -0.1) is 0 Å². The zero-order chi connectivity index (χ0) is 16.5. The van der Waals surface area contributed by atoms with E-state index in [2.05, 4.69) is 10.1 Å². The SMILES string of the molecule is O=C1CC(c2noc(-c3ccco3)n2)CN1Cc1ccccc1F. The first-order chi connectivity index (χ1) is 11.7. The van der Waals surface area contributed by atoms with Gasteiger partial charge in [0.15, 0.2) is 11.6 Å². The maximum Gasteiger partial charge on any atom is 0.293 e. The van der Waals surface area contributed by atoms with Crippen molar-refractivity contribution < 1.29 is 18.1 Å². The Balaban J connectivity index is 1.49. The third-order valence-electron chi connectivity index (χ3n) is 4.07. The first-order valence-corrected chi connectivity index (χ1v) is 7.59. The van der Waals surface area contributed by atoms with Crippen LogP contribution in [0.2, 0.25) is 0 Å². The van der Waals surface area contributed by atoms with Gasteiger partial charge >= 0.3 is 0 Å². The Morgan fingerprint density at radius 1 is 1.25 bits per heavy atom. The van der Waals surface area contributed by atoms with E-state index in [9.17, 15) is 9.18 Å². The van der Waals surface area contributed by atoms with Crippen molar-refractivity contribution in [2.75, 3.05) is 6.54 Å². The quantitative estimate of drug-likeness (QED) is 0.736. The van der Waals surface area contributed by atoms with Gasteiger partial charge in [0.2, 0.25) is 5.91 Å². The van der Waals surface area contributed by atoms with E-state index in [4.69, 9.17) is 8.94 Å². The van der Waals surface area contributed by atoms with Crippen molar-refractivity contribution in [3.63, 3.8) is 0 Å². The number of rotatable bonds is 4. The van der Waals surface area contributed by atoms with Gasteiger partial charge in [-0.1, -0.05) is 23.4 Å². The Morgan fingerprint density at radius 2 is 2.12 bits per heavy atom. The smallest absolute Gasteiger partial charge is 0.293 e. The second-order valence-corrected chi connectivity index (χ2v) is 5.70.